The van der Waals surface area contributed by atoms with Crippen LogP contribution in [-0.2, 0) is 4.74 Å². The molecule has 1 aromatic carbocycles. The van der Waals surface area contributed by atoms with Crippen LogP contribution in [0.1, 0.15) is 48.9 Å². The van der Waals surface area contributed by atoms with Crippen molar-refractivity contribution in [1.29, 1.82) is 0 Å². The average Bonchev–Trinajstić information content (AvgIpc) is 2.89. The first-order valence-corrected chi connectivity index (χ1v) is 12.7. The third-order valence-electron chi connectivity index (χ3n) is 7.90. The van der Waals surface area contributed by atoms with Gasteiger partial charge in [-0.1, -0.05) is 0 Å². The van der Waals surface area contributed by atoms with E-state index >= 15 is 0 Å². The summed E-state index contributed by atoms with van der Waals surface area (Å²) in [7, 11) is 1.31. The first-order chi connectivity index (χ1) is 17.0. The lowest BCUT2D eigenvalue weighted by molar-refractivity contribution is 0.0601. The molecule has 1 aromatic heterocycles. The van der Waals surface area contributed by atoms with Crippen molar-refractivity contribution in [1.82, 2.24) is 14.9 Å². The van der Waals surface area contributed by atoms with Gasteiger partial charge in [-0.15, -0.1) is 0 Å². The van der Waals surface area contributed by atoms with Crippen molar-refractivity contribution in [2.75, 3.05) is 49.6 Å². The van der Waals surface area contributed by atoms with Crippen molar-refractivity contribution in [2.45, 2.75) is 50.6 Å². The number of fused-ring (bicyclic) bond motifs is 1. The number of carbonyl (C=O) groups is 1. The van der Waals surface area contributed by atoms with E-state index < -0.39 is 11.8 Å². The van der Waals surface area contributed by atoms with Gasteiger partial charge in [-0.2, -0.15) is 0 Å². The van der Waals surface area contributed by atoms with Crippen molar-refractivity contribution in [3.8, 4) is 0 Å². The highest BCUT2D eigenvalue weighted by Crippen LogP contribution is 2.38. The molecule has 2 aliphatic heterocycles. The van der Waals surface area contributed by atoms with E-state index in [1.807, 2.05) is 4.90 Å². The van der Waals surface area contributed by atoms with Crippen molar-refractivity contribution in [3.05, 3.63) is 42.1 Å². The van der Waals surface area contributed by atoms with Crippen LogP contribution < -0.4 is 15.5 Å². The summed E-state index contributed by atoms with van der Waals surface area (Å²) in [5, 5.41) is 0. The number of nitrogens with two attached hydrogens (primary N) is 1. The van der Waals surface area contributed by atoms with E-state index in [0.29, 0.717) is 30.2 Å². The first-order valence-electron chi connectivity index (χ1n) is 12.7. The largest absolute Gasteiger partial charge is 0.465 e. The van der Waals surface area contributed by atoms with E-state index in [2.05, 4.69) is 19.8 Å². The molecule has 2 aromatic rings. The van der Waals surface area contributed by atoms with Crippen molar-refractivity contribution in [2.24, 2.45) is 11.7 Å². The second-order valence-corrected chi connectivity index (χ2v) is 10.0. The summed E-state index contributed by atoms with van der Waals surface area (Å²) < 4.78 is 18.8. The Balaban J connectivity index is 1.28. The molecular formula is C26H35FN6O2. The third kappa shape index (κ3) is 5.11. The molecule has 8 nitrogen and oxygen atoms in total. The van der Waals surface area contributed by atoms with Gasteiger partial charge in [0.1, 0.15) is 17.8 Å². The number of benzene rings is 1. The summed E-state index contributed by atoms with van der Waals surface area (Å²) >= 11 is 0. The lowest BCUT2D eigenvalue weighted by Crippen LogP contribution is -2.47. The fourth-order valence-corrected chi connectivity index (χ4v) is 5.92. The number of methoxy groups -OCH3 is 1. The number of piperidine rings is 1. The smallest absolute Gasteiger partial charge is 0.340 e. The number of likely N-dealkylation sites (tertiary alicyclic amines) is 1. The van der Waals surface area contributed by atoms with E-state index in [-0.39, 0.29) is 5.56 Å². The van der Waals surface area contributed by atoms with E-state index in [0.717, 1.165) is 50.5 Å². The van der Waals surface area contributed by atoms with Crippen LogP contribution in [0.3, 0.4) is 0 Å². The number of halogens is 1. The Hall–Kier alpha value is -2.78. The van der Waals surface area contributed by atoms with Crippen LogP contribution in [0.25, 0.3) is 0 Å². The zero-order valence-corrected chi connectivity index (χ0v) is 20.4. The Bertz CT molecular complexity index is 1040. The topological polar surface area (TPSA) is 87.8 Å². The molecule has 0 unspecified atom stereocenters. The average molecular weight is 483 g/mol. The van der Waals surface area contributed by atoms with Crippen LogP contribution in [-0.4, -0.2) is 72.8 Å². The summed E-state index contributed by atoms with van der Waals surface area (Å²) in [4.78, 5) is 28.2. The molecule has 0 bridgehead atoms. The SMILES string of the molecule is COC(=O)c1cc(F)ccc1N1CCN(CC2CCN(C3CCC(N)CC3)CC2)c2ncncc21. The molecule has 2 N–H and O–H groups in total. The molecule has 1 saturated carbocycles. The van der Waals surface area contributed by atoms with Gasteiger partial charge in [0.05, 0.1) is 24.6 Å². The molecule has 0 spiro atoms. The Kier molecular flexibility index (Phi) is 7.15. The number of carbonyl (C=O) groups excluding carboxylic acids is 1. The molecule has 1 aliphatic carbocycles. The Labute approximate surface area is 206 Å². The van der Waals surface area contributed by atoms with Crippen LogP contribution in [0.5, 0.6) is 0 Å². The number of hydrogen-bond acceptors (Lipinski definition) is 8. The quantitative estimate of drug-likeness (QED) is 0.650. The zero-order chi connectivity index (χ0) is 24.4. The number of nitrogens with zero attached hydrogens (tertiary/aromatic N) is 5. The fraction of sp³-hybridized carbons (Fsp3) is 0.577. The molecule has 188 valence electrons. The predicted molar refractivity (Wildman–Crippen MR) is 134 cm³/mol. The number of esters is 1. The van der Waals surface area contributed by atoms with Gasteiger partial charge in [-0.05, 0) is 75.7 Å². The molecule has 2 fully saturated rings. The van der Waals surface area contributed by atoms with Crippen LogP contribution >= 0.6 is 0 Å². The van der Waals surface area contributed by atoms with Gasteiger partial charge >= 0.3 is 5.97 Å². The van der Waals surface area contributed by atoms with E-state index in [1.54, 1.807) is 18.6 Å². The maximum Gasteiger partial charge on any atom is 0.340 e. The van der Waals surface area contributed by atoms with E-state index in [1.165, 1.54) is 44.9 Å². The number of rotatable bonds is 5. The Morgan fingerprint density at radius 1 is 1.09 bits per heavy atom. The third-order valence-corrected chi connectivity index (χ3v) is 7.90. The lowest BCUT2D eigenvalue weighted by Gasteiger charge is -2.43. The Morgan fingerprint density at radius 2 is 1.86 bits per heavy atom. The maximum atomic E-state index is 13.9. The second-order valence-electron chi connectivity index (χ2n) is 10.0. The van der Waals surface area contributed by atoms with Gasteiger partial charge in [0.25, 0.3) is 0 Å². The number of anilines is 3. The minimum Gasteiger partial charge on any atom is -0.465 e. The van der Waals surface area contributed by atoms with E-state index in [9.17, 15) is 9.18 Å². The molecule has 0 radical (unpaired) electrons. The molecule has 0 amide bonds. The highest BCUT2D eigenvalue weighted by atomic mass is 19.1. The van der Waals surface area contributed by atoms with Crippen LogP contribution in [0.2, 0.25) is 0 Å². The highest BCUT2D eigenvalue weighted by Gasteiger charge is 2.32. The standard InChI is InChI=1S/C26H35FN6O2/c1-35-26(34)22-14-19(27)2-7-23(22)33-13-12-32(25-24(33)15-29-17-30-25)16-18-8-10-31(11-9-18)21-5-3-20(28)4-6-21/h2,7,14-15,17-18,20-21H,3-6,8-13,16,28H2,1H3. The summed E-state index contributed by atoms with van der Waals surface area (Å²) in [6, 6.07) is 5.31. The minimum atomic E-state index is -0.563. The molecule has 3 heterocycles. The number of aromatic nitrogens is 2. The van der Waals surface area contributed by atoms with Gasteiger partial charge < -0.3 is 25.2 Å². The van der Waals surface area contributed by atoms with Crippen molar-refractivity contribution in [3.63, 3.8) is 0 Å². The molecule has 1 saturated heterocycles. The minimum absolute atomic E-state index is 0.201. The zero-order valence-electron chi connectivity index (χ0n) is 20.4. The molecule has 3 aliphatic rings. The number of ether oxygens (including phenoxy) is 1. The molecular weight excluding hydrogens is 447 g/mol. The van der Waals surface area contributed by atoms with Gasteiger partial charge in [-0.25, -0.2) is 19.2 Å². The van der Waals surface area contributed by atoms with Gasteiger partial charge in [-0.3, -0.25) is 0 Å². The first kappa shape index (κ1) is 23.9. The fourth-order valence-electron chi connectivity index (χ4n) is 5.92. The summed E-state index contributed by atoms with van der Waals surface area (Å²) in [6.45, 7) is 4.67. The van der Waals surface area contributed by atoms with Gasteiger partial charge in [0.2, 0.25) is 0 Å². The van der Waals surface area contributed by atoms with E-state index in [4.69, 9.17) is 10.5 Å². The molecule has 0 atom stereocenters. The van der Waals surface area contributed by atoms with Crippen LogP contribution in [0, 0.1) is 11.7 Å². The van der Waals surface area contributed by atoms with Crippen LogP contribution in [0.15, 0.2) is 30.7 Å². The number of hydrogen-bond donors (Lipinski definition) is 1. The van der Waals surface area contributed by atoms with Crippen molar-refractivity contribution < 1.29 is 13.9 Å². The molecule has 5 rings (SSSR count). The molecule has 9 heteroatoms. The van der Waals surface area contributed by atoms with Gasteiger partial charge in [0.15, 0.2) is 5.82 Å². The summed E-state index contributed by atoms with van der Waals surface area (Å²) in [5.41, 5.74) is 7.73. The predicted octanol–water partition coefficient (Wildman–Crippen LogP) is 3.34. The highest BCUT2D eigenvalue weighted by molar-refractivity contribution is 5.97. The van der Waals surface area contributed by atoms with Crippen LogP contribution in [0.4, 0.5) is 21.6 Å². The normalized spacial score (nSPS) is 23.7. The molecule has 35 heavy (non-hydrogen) atoms. The van der Waals surface area contributed by atoms with Crippen molar-refractivity contribution >= 4 is 23.2 Å². The summed E-state index contributed by atoms with van der Waals surface area (Å²) in [5.74, 6) is 0.435. The summed E-state index contributed by atoms with van der Waals surface area (Å²) in [6.07, 6.45) is 10.5. The Morgan fingerprint density at radius 3 is 2.60 bits per heavy atom. The monoisotopic (exact) mass is 482 g/mol. The maximum absolute atomic E-state index is 13.9. The lowest BCUT2D eigenvalue weighted by atomic mass is 9.88. The second kappa shape index (κ2) is 10.5. The van der Waals surface area contributed by atoms with Gasteiger partial charge in [0, 0.05) is 31.7 Å².